The van der Waals surface area contributed by atoms with Gasteiger partial charge in [0.05, 0.1) is 13.7 Å². The van der Waals surface area contributed by atoms with Gasteiger partial charge < -0.3 is 14.8 Å². The highest BCUT2D eigenvalue weighted by Gasteiger charge is 2.36. The zero-order valence-corrected chi connectivity index (χ0v) is 13.7. The standard InChI is InChI=1S/C18H29NO2/c1-15(2)13-19-14-18(9-6-10-18)11-12-21-17-8-5-4-7-16(17)20-3/h4-5,7-8,15,19H,6,9-14H2,1-3H3. The van der Waals surface area contributed by atoms with Crippen molar-refractivity contribution in [3.8, 4) is 11.5 Å². The minimum Gasteiger partial charge on any atom is -0.493 e. The van der Waals surface area contributed by atoms with Crippen LogP contribution in [0.1, 0.15) is 39.5 Å². The maximum Gasteiger partial charge on any atom is 0.161 e. The molecule has 21 heavy (non-hydrogen) atoms. The van der Waals surface area contributed by atoms with E-state index in [2.05, 4.69) is 19.2 Å². The molecular weight excluding hydrogens is 262 g/mol. The van der Waals surface area contributed by atoms with Crippen LogP contribution in [0.4, 0.5) is 0 Å². The van der Waals surface area contributed by atoms with Crippen molar-refractivity contribution in [3.63, 3.8) is 0 Å². The number of hydrogen-bond donors (Lipinski definition) is 1. The summed E-state index contributed by atoms with van der Waals surface area (Å²) in [7, 11) is 1.69. The maximum atomic E-state index is 5.93. The van der Waals surface area contributed by atoms with Crippen LogP contribution in [-0.4, -0.2) is 26.8 Å². The van der Waals surface area contributed by atoms with Gasteiger partial charge in [-0.3, -0.25) is 0 Å². The summed E-state index contributed by atoms with van der Waals surface area (Å²) in [4.78, 5) is 0. The van der Waals surface area contributed by atoms with E-state index in [9.17, 15) is 0 Å². The van der Waals surface area contributed by atoms with Crippen molar-refractivity contribution in [3.05, 3.63) is 24.3 Å². The fourth-order valence-electron chi connectivity index (χ4n) is 2.93. The second-order valence-electron chi connectivity index (χ2n) is 6.63. The van der Waals surface area contributed by atoms with Crippen molar-refractivity contribution in [2.24, 2.45) is 11.3 Å². The van der Waals surface area contributed by atoms with E-state index in [1.54, 1.807) is 7.11 Å². The third kappa shape index (κ3) is 4.63. The first-order valence-corrected chi connectivity index (χ1v) is 8.12. The molecule has 0 spiro atoms. The lowest BCUT2D eigenvalue weighted by atomic mass is 9.66. The predicted octanol–water partition coefficient (Wildman–Crippen LogP) is 3.88. The zero-order valence-electron chi connectivity index (χ0n) is 13.7. The molecule has 1 N–H and O–H groups in total. The zero-order chi connectivity index (χ0) is 15.1. The molecule has 1 aliphatic carbocycles. The fourth-order valence-corrected chi connectivity index (χ4v) is 2.93. The van der Waals surface area contributed by atoms with Gasteiger partial charge in [-0.2, -0.15) is 0 Å². The van der Waals surface area contributed by atoms with Gasteiger partial charge in [0.15, 0.2) is 11.5 Å². The van der Waals surface area contributed by atoms with E-state index in [-0.39, 0.29) is 0 Å². The van der Waals surface area contributed by atoms with Gasteiger partial charge in [-0.1, -0.05) is 32.4 Å². The van der Waals surface area contributed by atoms with E-state index < -0.39 is 0 Å². The Hall–Kier alpha value is -1.22. The van der Waals surface area contributed by atoms with Crippen LogP contribution in [0.2, 0.25) is 0 Å². The van der Waals surface area contributed by atoms with E-state index in [1.165, 1.54) is 19.3 Å². The van der Waals surface area contributed by atoms with Crippen LogP contribution in [0.15, 0.2) is 24.3 Å². The van der Waals surface area contributed by atoms with Gasteiger partial charge in [0.2, 0.25) is 0 Å². The summed E-state index contributed by atoms with van der Waals surface area (Å²) in [5.41, 5.74) is 0.455. The summed E-state index contributed by atoms with van der Waals surface area (Å²) in [6, 6.07) is 7.87. The Morgan fingerprint density at radius 1 is 1.19 bits per heavy atom. The Balaban J connectivity index is 1.78. The highest BCUT2D eigenvalue weighted by molar-refractivity contribution is 5.39. The van der Waals surface area contributed by atoms with E-state index in [0.29, 0.717) is 11.3 Å². The summed E-state index contributed by atoms with van der Waals surface area (Å²) in [5, 5.41) is 3.62. The molecule has 3 nitrogen and oxygen atoms in total. The van der Waals surface area contributed by atoms with Crippen LogP contribution < -0.4 is 14.8 Å². The molecule has 2 rings (SSSR count). The Kier molecular flexibility index (Phi) is 5.92. The van der Waals surface area contributed by atoms with Crippen LogP contribution in [0.25, 0.3) is 0 Å². The number of nitrogens with one attached hydrogen (secondary N) is 1. The quantitative estimate of drug-likeness (QED) is 0.749. The largest absolute Gasteiger partial charge is 0.493 e. The van der Waals surface area contributed by atoms with Gasteiger partial charge in [0, 0.05) is 6.54 Å². The summed E-state index contributed by atoms with van der Waals surface area (Å²) in [5.74, 6) is 2.38. The molecule has 0 saturated heterocycles. The lowest BCUT2D eigenvalue weighted by Gasteiger charge is -2.42. The molecule has 0 aromatic heterocycles. The maximum absolute atomic E-state index is 5.93. The summed E-state index contributed by atoms with van der Waals surface area (Å²) < 4.78 is 11.3. The molecule has 1 aliphatic rings. The molecule has 0 heterocycles. The smallest absolute Gasteiger partial charge is 0.161 e. The van der Waals surface area contributed by atoms with Crippen LogP contribution in [0.3, 0.4) is 0 Å². The van der Waals surface area contributed by atoms with Crippen molar-refractivity contribution in [2.75, 3.05) is 26.8 Å². The molecule has 1 saturated carbocycles. The Morgan fingerprint density at radius 3 is 2.48 bits per heavy atom. The van der Waals surface area contributed by atoms with Crippen molar-refractivity contribution < 1.29 is 9.47 Å². The molecule has 0 unspecified atom stereocenters. The second kappa shape index (κ2) is 7.69. The third-order valence-electron chi connectivity index (χ3n) is 4.43. The summed E-state index contributed by atoms with van der Waals surface area (Å²) in [6.07, 6.45) is 5.13. The number of hydrogen-bond acceptors (Lipinski definition) is 3. The fraction of sp³-hybridized carbons (Fsp3) is 0.667. The highest BCUT2D eigenvalue weighted by atomic mass is 16.5. The van der Waals surface area contributed by atoms with Gasteiger partial charge >= 0.3 is 0 Å². The molecule has 0 bridgehead atoms. The highest BCUT2D eigenvalue weighted by Crippen LogP contribution is 2.43. The van der Waals surface area contributed by atoms with E-state index >= 15 is 0 Å². The predicted molar refractivity (Wildman–Crippen MR) is 87.1 cm³/mol. The minimum atomic E-state index is 0.455. The average molecular weight is 291 g/mol. The molecule has 0 radical (unpaired) electrons. The lowest BCUT2D eigenvalue weighted by Crippen LogP contribution is -2.42. The van der Waals surface area contributed by atoms with Gasteiger partial charge in [0.25, 0.3) is 0 Å². The average Bonchev–Trinajstić information content (AvgIpc) is 2.44. The lowest BCUT2D eigenvalue weighted by molar-refractivity contribution is 0.0905. The molecule has 0 atom stereocenters. The van der Waals surface area contributed by atoms with Crippen molar-refractivity contribution >= 4 is 0 Å². The summed E-state index contributed by atoms with van der Waals surface area (Å²) >= 11 is 0. The third-order valence-corrected chi connectivity index (χ3v) is 4.43. The van der Waals surface area contributed by atoms with Gasteiger partial charge in [-0.05, 0) is 49.3 Å². The van der Waals surface area contributed by atoms with Crippen LogP contribution in [0.5, 0.6) is 11.5 Å². The molecule has 1 aromatic carbocycles. The monoisotopic (exact) mass is 291 g/mol. The molecule has 1 aromatic rings. The second-order valence-corrected chi connectivity index (χ2v) is 6.63. The molecule has 118 valence electrons. The minimum absolute atomic E-state index is 0.455. The Labute approximate surface area is 129 Å². The molecule has 3 heteroatoms. The normalized spacial score (nSPS) is 16.6. The Bertz CT molecular complexity index is 427. The first kappa shape index (κ1) is 16.2. The van der Waals surface area contributed by atoms with Crippen LogP contribution >= 0.6 is 0 Å². The van der Waals surface area contributed by atoms with Crippen molar-refractivity contribution in [1.29, 1.82) is 0 Å². The van der Waals surface area contributed by atoms with Crippen molar-refractivity contribution in [1.82, 2.24) is 5.32 Å². The van der Waals surface area contributed by atoms with E-state index in [4.69, 9.17) is 9.47 Å². The number of methoxy groups -OCH3 is 1. The number of benzene rings is 1. The molecule has 0 aliphatic heterocycles. The number of para-hydroxylation sites is 2. The summed E-state index contributed by atoms with van der Waals surface area (Å²) in [6.45, 7) is 7.51. The Morgan fingerprint density at radius 2 is 1.90 bits per heavy atom. The topological polar surface area (TPSA) is 30.5 Å². The molecule has 0 amide bonds. The SMILES string of the molecule is COc1ccccc1OCCC1(CNCC(C)C)CCC1. The van der Waals surface area contributed by atoms with E-state index in [0.717, 1.165) is 37.6 Å². The van der Waals surface area contributed by atoms with Gasteiger partial charge in [-0.25, -0.2) is 0 Å². The van der Waals surface area contributed by atoms with Gasteiger partial charge in [-0.15, -0.1) is 0 Å². The van der Waals surface area contributed by atoms with Gasteiger partial charge in [0.1, 0.15) is 0 Å². The first-order chi connectivity index (χ1) is 10.2. The molecule has 1 fully saturated rings. The number of rotatable bonds is 9. The number of ether oxygens (including phenoxy) is 2. The first-order valence-electron chi connectivity index (χ1n) is 8.12. The van der Waals surface area contributed by atoms with Crippen LogP contribution in [0, 0.1) is 11.3 Å². The van der Waals surface area contributed by atoms with E-state index in [1.807, 2.05) is 24.3 Å². The van der Waals surface area contributed by atoms with Crippen LogP contribution in [-0.2, 0) is 0 Å². The van der Waals surface area contributed by atoms with Crippen molar-refractivity contribution in [2.45, 2.75) is 39.5 Å². The molecular formula is C18H29NO2.